The molecular weight excluding hydrogens is 382 g/mol. The summed E-state index contributed by atoms with van der Waals surface area (Å²) in [7, 11) is 0. The number of halogens is 2. The molecule has 0 radical (unpaired) electrons. The number of nitrogens with zero attached hydrogens (tertiary/aromatic N) is 4. The molecule has 0 aromatic carbocycles. The average Bonchev–Trinajstić information content (AvgIpc) is 2.91. The normalized spacial score (nSPS) is 10.4. The molecule has 0 aromatic heterocycles. The number of nitriles is 2. The van der Waals surface area contributed by atoms with Crippen LogP contribution in [-0.4, -0.2) is 41.7 Å². The van der Waals surface area contributed by atoms with E-state index in [0.29, 0.717) is 12.4 Å². The zero-order chi connectivity index (χ0) is 14.1. The Labute approximate surface area is 174 Å². The van der Waals surface area contributed by atoms with E-state index in [1.54, 1.807) is 24.2 Å². The van der Waals surface area contributed by atoms with Crippen LogP contribution in [0.15, 0.2) is 9.98 Å². The minimum atomic E-state index is 0. The van der Waals surface area contributed by atoms with E-state index in [0.717, 1.165) is 17.5 Å². The van der Waals surface area contributed by atoms with Gasteiger partial charge in [0.2, 0.25) is 0 Å². The van der Waals surface area contributed by atoms with Gasteiger partial charge in [0.15, 0.2) is 11.4 Å². The van der Waals surface area contributed by atoms with Gasteiger partial charge in [0.1, 0.15) is 0 Å². The van der Waals surface area contributed by atoms with Crippen LogP contribution in [0.1, 0.15) is 0 Å². The van der Waals surface area contributed by atoms with Gasteiger partial charge in [-0.2, -0.15) is 5.26 Å². The molecule has 1 aliphatic rings. The molecule has 0 atom stereocenters. The van der Waals surface area contributed by atoms with Crippen molar-refractivity contribution < 1.29 is 29.6 Å². The smallest absolute Gasteiger partial charge is 0.813 e. The Morgan fingerprint density at radius 1 is 1.62 bits per heavy atom. The maximum atomic E-state index is 8.07. The van der Waals surface area contributed by atoms with Crippen molar-refractivity contribution in [1.82, 2.24) is 5.32 Å². The van der Waals surface area contributed by atoms with Gasteiger partial charge >= 0.3 is 29.6 Å². The van der Waals surface area contributed by atoms with Crippen LogP contribution in [0.25, 0.3) is 0 Å². The number of hydrogen-bond donors (Lipinski definition) is 2. The molecule has 12 heteroatoms. The Morgan fingerprint density at radius 3 is 2.43 bits per heavy atom. The van der Waals surface area contributed by atoms with Gasteiger partial charge in [-0.1, -0.05) is 11.8 Å². The van der Waals surface area contributed by atoms with Gasteiger partial charge in [-0.3, -0.25) is 10.3 Å². The Bertz CT molecular complexity index is 330. The molecule has 116 valence electrons. The molecule has 0 aromatic rings. The Kier molecular flexibility index (Phi) is 51.8. The van der Waals surface area contributed by atoms with Gasteiger partial charge < -0.3 is 29.5 Å². The number of thiol groups is 1. The van der Waals surface area contributed by atoms with E-state index in [4.69, 9.17) is 27.9 Å². The van der Waals surface area contributed by atoms with Gasteiger partial charge in [-0.15, -0.1) is 29.6 Å². The van der Waals surface area contributed by atoms with E-state index < -0.39 is 0 Å². The van der Waals surface area contributed by atoms with Crippen molar-refractivity contribution in [1.29, 1.82) is 10.5 Å². The predicted octanol–water partition coefficient (Wildman–Crippen LogP) is -1.76. The number of nitrogens with one attached hydrogen (secondary N) is 1. The standard InChI is InChI=1S/C4H5N3S.C3H3N2S.C2H6ClN.ClH.Na.H2S/c5-3-7-4-6-1-2-8-4;1-6-3-5-2-4;3-1-2-4;;;/h1-2H2,(H,6,7);1H3;1-2,4H2;1H;;1H2/q;-1;;;+1;/p-1. The summed E-state index contributed by atoms with van der Waals surface area (Å²) in [5, 5.41) is 19.0. The molecule has 0 amide bonds. The van der Waals surface area contributed by atoms with E-state index >= 15 is 0 Å². The SMILES string of the molecule is CS[C-]=NC#N.Cl.N#CNC1=NCCS1.NCCCl.[Na+].[SH-]. The molecule has 1 rings (SSSR count). The first-order valence-corrected chi connectivity index (χ1v) is 7.46. The van der Waals surface area contributed by atoms with Crippen molar-refractivity contribution in [3.8, 4) is 12.4 Å². The van der Waals surface area contributed by atoms with Gasteiger partial charge in [0.05, 0.1) is 6.54 Å². The third kappa shape index (κ3) is 33.5. The first-order valence-electron chi connectivity index (χ1n) is 4.71. The van der Waals surface area contributed by atoms with Crippen molar-refractivity contribution in [3.05, 3.63) is 0 Å². The number of amidine groups is 1. The summed E-state index contributed by atoms with van der Waals surface area (Å²) < 4.78 is 0. The maximum absolute atomic E-state index is 8.07. The van der Waals surface area contributed by atoms with E-state index in [9.17, 15) is 0 Å². The fourth-order valence-electron chi connectivity index (χ4n) is 0.525. The Balaban J connectivity index is -0.0000000600. The number of aliphatic imine (C=N–C) groups is 2. The molecule has 1 heterocycles. The molecule has 0 aliphatic carbocycles. The zero-order valence-corrected chi connectivity index (χ0v) is 17.8. The summed E-state index contributed by atoms with van der Waals surface area (Å²) in [6, 6.07) is 0. The van der Waals surface area contributed by atoms with Crippen LogP contribution in [0.4, 0.5) is 0 Å². The zero-order valence-electron chi connectivity index (χ0n) is 11.7. The Hall–Kier alpha value is 0.710. The molecule has 0 unspecified atom stereocenters. The van der Waals surface area contributed by atoms with Gasteiger partial charge in [-0.25, -0.2) is 11.8 Å². The summed E-state index contributed by atoms with van der Waals surface area (Å²) in [5.74, 6) is 1.57. The monoisotopic (exact) mass is 397 g/mol. The fourth-order valence-corrected chi connectivity index (χ4v) is 1.33. The minimum Gasteiger partial charge on any atom is -0.813 e. The third-order valence-corrected chi connectivity index (χ3v) is 2.43. The summed E-state index contributed by atoms with van der Waals surface area (Å²) >= 11 is 7.93. The molecule has 6 nitrogen and oxygen atoms in total. The molecule has 0 bridgehead atoms. The van der Waals surface area contributed by atoms with E-state index in [1.165, 1.54) is 11.8 Å². The van der Waals surface area contributed by atoms with Crippen molar-refractivity contribution in [3.63, 3.8) is 0 Å². The third-order valence-electron chi connectivity index (χ3n) is 1.04. The number of hydrogen-bond acceptors (Lipinski definition) is 9. The number of nitrogens with two attached hydrogens (primary N) is 1. The average molecular weight is 398 g/mol. The van der Waals surface area contributed by atoms with Crippen LogP contribution in [-0.2, 0) is 13.5 Å². The molecule has 3 N–H and O–H groups in total. The van der Waals surface area contributed by atoms with Crippen molar-refractivity contribution in [2.75, 3.05) is 31.0 Å². The number of alkyl halides is 1. The van der Waals surface area contributed by atoms with Crippen LogP contribution in [0.2, 0.25) is 0 Å². The van der Waals surface area contributed by atoms with Crippen LogP contribution in [0, 0.1) is 22.9 Å². The van der Waals surface area contributed by atoms with Crippen LogP contribution < -0.4 is 40.6 Å². The second kappa shape index (κ2) is 32.6. The topological polar surface area (TPSA) is 110 Å². The van der Waals surface area contributed by atoms with Gasteiger partial charge in [0.25, 0.3) is 0 Å². The quantitative estimate of drug-likeness (QED) is 0.0652. The molecular formula is C9H16Cl2N6NaS3-. The first-order chi connectivity index (χ1) is 8.76. The number of thioether (sulfide) groups is 2. The predicted molar refractivity (Wildman–Crippen MR) is 95.9 cm³/mol. The van der Waals surface area contributed by atoms with Gasteiger partial charge in [0, 0.05) is 18.2 Å². The summed E-state index contributed by atoms with van der Waals surface area (Å²) in [6.07, 6.45) is 5.16. The second-order valence-corrected chi connectivity index (χ2v) is 4.31. The largest absolute Gasteiger partial charge is 1.00 e. The minimum absolute atomic E-state index is 0. The molecule has 21 heavy (non-hydrogen) atoms. The van der Waals surface area contributed by atoms with Crippen molar-refractivity contribution in [2.45, 2.75) is 0 Å². The van der Waals surface area contributed by atoms with Crippen molar-refractivity contribution >= 4 is 71.7 Å². The summed E-state index contributed by atoms with van der Waals surface area (Å²) in [6.45, 7) is 1.43. The van der Waals surface area contributed by atoms with Crippen LogP contribution in [0.3, 0.4) is 0 Å². The van der Waals surface area contributed by atoms with Crippen molar-refractivity contribution in [2.24, 2.45) is 15.7 Å². The number of rotatable bonds is 2. The molecule has 1 aliphatic heterocycles. The maximum Gasteiger partial charge on any atom is 1.00 e. The molecule has 0 saturated carbocycles. The van der Waals surface area contributed by atoms with Gasteiger partial charge in [-0.05, 0) is 12.4 Å². The second-order valence-electron chi connectivity index (χ2n) is 2.26. The first kappa shape index (κ1) is 33.3. The summed E-state index contributed by atoms with van der Waals surface area (Å²) in [4.78, 5) is 7.08. The Morgan fingerprint density at radius 2 is 2.19 bits per heavy atom. The van der Waals surface area contributed by atoms with E-state index in [-0.39, 0.29) is 55.5 Å². The molecule has 0 saturated heterocycles. The van der Waals surface area contributed by atoms with E-state index in [2.05, 4.69) is 20.8 Å². The van der Waals surface area contributed by atoms with Crippen LogP contribution in [0.5, 0.6) is 0 Å². The van der Waals surface area contributed by atoms with E-state index in [1.807, 2.05) is 6.19 Å². The molecule has 0 fully saturated rings. The molecule has 0 spiro atoms. The fraction of sp³-hybridized carbons (Fsp3) is 0.556. The van der Waals surface area contributed by atoms with Crippen LogP contribution >= 0.6 is 47.5 Å². The summed E-state index contributed by atoms with van der Waals surface area (Å²) in [5.41, 5.74) is 7.27.